The lowest BCUT2D eigenvalue weighted by atomic mass is 10.0. The van der Waals surface area contributed by atoms with E-state index in [0.717, 1.165) is 83.5 Å². The number of carbonyl (C=O) groups excluding carboxylic acids is 3. The van der Waals surface area contributed by atoms with Crippen LogP contribution in [0.3, 0.4) is 0 Å². The lowest BCUT2D eigenvalue weighted by Gasteiger charge is -2.18. The molecule has 6 heteroatoms. The van der Waals surface area contributed by atoms with E-state index in [1.54, 1.807) is 0 Å². The van der Waals surface area contributed by atoms with Crippen molar-refractivity contribution in [2.45, 2.75) is 252 Å². The van der Waals surface area contributed by atoms with Gasteiger partial charge in [-0.3, -0.25) is 14.4 Å². The molecule has 6 nitrogen and oxygen atoms in total. The number of allylic oxidation sites excluding steroid dienone is 4. The Balaban J connectivity index is 4.29. The van der Waals surface area contributed by atoms with E-state index >= 15 is 0 Å². The van der Waals surface area contributed by atoms with Gasteiger partial charge in [-0.1, -0.05) is 206 Å². The van der Waals surface area contributed by atoms with Crippen molar-refractivity contribution in [3.8, 4) is 0 Å². The van der Waals surface area contributed by atoms with Crippen LogP contribution in [0, 0.1) is 0 Å². The predicted molar refractivity (Wildman–Crippen MR) is 229 cm³/mol. The fourth-order valence-corrected chi connectivity index (χ4v) is 6.63. The van der Waals surface area contributed by atoms with E-state index in [4.69, 9.17) is 14.2 Å². The highest BCUT2D eigenvalue weighted by Crippen LogP contribution is 2.15. The van der Waals surface area contributed by atoms with Crippen LogP contribution < -0.4 is 0 Å². The topological polar surface area (TPSA) is 78.9 Å². The average molecular weight is 761 g/mol. The highest BCUT2D eigenvalue weighted by atomic mass is 16.6. The van der Waals surface area contributed by atoms with Crippen LogP contribution in [0.5, 0.6) is 0 Å². The summed E-state index contributed by atoms with van der Waals surface area (Å²) in [4.78, 5) is 37.6. The minimum atomic E-state index is -0.770. The molecule has 1 atom stereocenters. The van der Waals surface area contributed by atoms with Crippen LogP contribution >= 0.6 is 0 Å². The Hall–Kier alpha value is -2.11. The molecule has 316 valence electrons. The molecule has 0 bridgehead atoms. The molecule has 0 fully saturated rings. The summed E-state index contributed by atoms with van der Waals surface area (Å²) in [6.07, 6.45) is 47.4. The number of rotatable bonds is 42. The smallest absolute Gasteiger partial charge is 0.306 e. The first-order chi connectivity index (χ1) is 26.5. The molecule has 0 aromatic carbocycles. The largest absolute Gasteiger partial charge is 0.462 e. The van der Waals surface area contributed by atoms with Crippen molar-refractivity contribution < 1.29 is 28.6 Å². The molecule has 0 aliphatic rings. The van der Waals surface area contributed by atoms with Crippen molar-refractivity contribution in [1.29, 1.82) is 0 Å². The average Bonchev–Trinajstić information content (AvgIpc) is 3.17. The fourth-order valence-electron chi connectivity index (χ4n) is 6.63. The third-order valence-electron chi connectivity index (χ3n) is 10.2. The maximum Gasteiger partial charge on any atom is 0.306 e. The van der Waals surface area contributed by atoms with Crippen LogP contribution in [-0.4, -0.2) is 37.2 Å². The molecule has 0 aliphatic heterocycles. The van der Waals surface area contributed by atoms with E-state index in [-0.39, 0.29) is 31.1 Å². The van der Waals surface area contributed by atoms with Crippen molar-refractivity contribution in [2.75, 3.05) is 13.2 Å². The predicted octanol–water partition coefficient (Wildman–Crippen LogP) is 14.8. The maximum atomic E-state index is 12.7. The molecule has 0 aromatic heterocycles. The van der Waals surface area contributed by atoms with Gasteiger partial charge in [-0.2, -0.15) is 0 Å². The minimum Gasteiger partial charge on any atom is -0.462 e. The van der Waals surface area contributed by atoms with Crippen LogP contribution in [-0.2, 0) is 28.6 Å². The van der Waals surface area contributed by atoms with Crippen LogP contribution in [0.4, 0.5) is 0 Å². The highest BCUT2D eigenvalue weighted by molar-refractivity contribution is 5.71. The van der Waals surface area contributed by atoms with Gasteiger partial charge < -0.3 is 14.2 Å². The number of hydrogen-bond donors (Lipinski definition) is 0. The molecular weight excluding hydrogens is 673 g/mol. The van der Waals surface area contributed by atoms with Crippen molar-refractivity contribution >= 4 is 17.9 Å². The zero-order valence-corrected chi connectivity index (χ0v) is 36.0. The van der Waals surface area contributed by atoms with Crippen molar-refractivity contribution in [1.82, 2.24) is 0 Å². The van der Waals surface area contributed by atoms with E-state index in [1.165, 1.54) is 122 Å². The molecule has 0 N–H and O–H groups in total. The number of ether oxygens (including phenoxy) is 3. The summed E-state index contributed by atoms with van der Waals surface area (Å²) in [6.45, 7) is 6.55. The monoisotopic (exact) mass is 761 g/mol. The molecule has 1 unspecified atom stereocenters. The van der Waals surface area contributed by atoms with E-state index < -0.39 is 6.10 Å². The van der Waals surface area contributed by atoms with Gasteiger partial charge in [-0.25, -0.2) is 0 Å². The SMILES string of the molecule is CCCC/C=C\C/C=C\CCCCCCCC(=O)OC(COC(=O)CCCCCCCCC)COC(=O)CCCCCCCCCCCCCCCCC. The molecule has 54 heavy (non-hydrogen) atoms. The standard InChI is InChI=1S/C48H88O6/c1-4-7-10-13-16-18-20-22-24-26-27-29-32-35-38-41-47(50)53-44-45(43-52-46(49)40-37-34-31-15-12-9-6-3)54-48(51)42-39-36-33-30-28-25-23-21-19-17-14-11-8-5-2/h14,17,21,23,45H,4-13,15-16,18-20,22,24-44H2,1-3H3/b17-14-,23-21-. The Bertz CT molecular complexity index is 880. The lowest BCUT2D eigenvalue weighted by Crippen LogP contribution is -2.30. The maximum absolute atomic E-state index is 12.7. The van der Waals surface area contributed by atoms with Crippen LogP contribution in [0.25, 0.3) is 0 Å². The molecule has 0 radical (unpaired) electrons. The van der Waals surface area contributed by atoms with Gasteiger partial charge in [-0.05, 0) is 44.9 Å². The molecule has 0 spiro atoms. The molecule has 0 saturated heterocycles. The molecular formula is C48H88O6. The van der Waals surface area contributed by atoms with Crippen molar-refractivity contribution in [3.05, 3.63) is 24.3 Å². The van der Waals surface area contributed by atoms with Gasteiger partial charge in [0.25, 0.3) is 0 Å². The van der Waals surface area contributed by atoms with E-state index in [1.807, 2.05) is 0 Å². The Morgan fingerprint density at radius 3 is 1.07 bits per heavy atom. The van der Waals surface area contributed by atoms with Gasteiger partial charge in [0, 0.05) is 19.3 Å². The quantitative estimate of drug-likeness (QED) is 0.0267. The summed E-state index contributed by atoms with van der Waals surface area (Å²) < 4.78 is 16.7. The Kier molecular flexibility index (Phi) is 41.9. The van der Waals surface area contributed by atoms with Crippen molar-refractivity contribution in [3.63, 3.8) is 0 Å². The molecule has 0 aromatic rings. The van der Waals surface area contributed by atoms with Gasteiger partial charge in [0.15, 0.2) is 6.10 Å². The molecule has 0 saturated carbocycles. The van der Waals surface area contributed by atoms with Gasteiger partial charge in [0.05, 0.1) is 0 Å². The third-order valence-corrected chi connectivity index (χ3v) is 10.2. The number of esters is 3. The van der Waals surface area contributed by atoms with Gasteiger partial charge >= 0.3 is 17.9 Å². The summed E-state index contributed by atoms with van der Waals surface area (Å²) in [5, 5.41) is 0. The van der Waals surface area contributed by atoms with Gasteiger partial charge in [-0.15, -0.1) is 0 Å². The van der Waals surface area contributed by atoms with E-state index in [0.29, 0.717) is 19.3 Å². The molecule has 0 rings (SSSR count). The second kappa shape index (κ2) is 43.6. The first kappa shape index (κ1) is 51.9. The fraction of sp³-hybridized carbons (Fsp3) is 0.854. The molecule has 0 amide bonds. The number of hydrogen-bond acceptors (Lipinski definition) is 6. The second-order valence-corrected chi connectivity index (χ2v) is 15.7. The summed E-state index contributed by atoms with van der Waals surface area (Å²) >= 11 is 0. The zero-order valence-electron chi connectivity index (χ0n) is 36.0. The van der Waals surface area contributed by atoms with Crippen LogP contribution in [0.1, 0.15) is 245 Å². The summed E-state index contributed by atoms with van der Waals surface area (Å²) in [5.41, 5.74) is 0. The molecule has 0 aliphatic carbocycles. The first-order valence-corrected chi connectivity index (χ1v) is 23.3. The van der Waals surface area contributed by atoms with Crippen molar-refractivity contribution in [2.24, 2.45) is 0 Å². The first-order valence-electron chi connectivity index (χ1n) is 23.3. The molecule has 0 heterocycles. The zero-order chi connectivity index (χ0) is 39.4. The summed E-state index contributed by atoms with van der Waals surface area (Å²) in [6, 6.07) is 0. The lowest BCUT2D eigenvalue weighted by molar-refractivity contribution is -0.167. The Morgan fingerprint density at radius 1 is 0.370 bits per heavy atom. The number of unbranched alkanes of at least 4 members (excludes halogenated alkanes) is 27. The second-order valence-electron chi connectivity index (χ2n) is 15.7. The third kappa shape index (κ3) is 41.1. The van der Waals surface area contributed by atoms with E-state index in [2.05, 4.69) is 45.1 Å². The number of carbonyl (C=O) groups is 3. The highest BCUT2D eigenvalue weighted by Gasteiger charge is 2.19. The summed E-state index contributed by atoms with van der Waals surface area (Å²) in [5.74, 6) is -0.887. The van der Waals surface area contributed by atoms with E-state index in [9.17, 15) is 14.4 Å². The van der Waals surface area contributed by atoms with Gasteiger partial charge in [0.1, 0.15) is 13.2 Å². The van der Waals surface area contributed by atoms with Crippen LogP contribution in [0.2, 0.25) is 0 Å². The van der Waals surface area contributed by atoms with Gasteiger partial charge in [0.2, 0.25) is 0 Å². The summed E-state index contributed by atoms with van der Waals surface area (Å²) in [7, 11) is 0. The Morgan fingerprint density at radius 2 is 0.685 bits per heavy atom. The Labute approximate surface area is 334 Å². The minimum absolute atomic E-state index is 0.0733. The normalized spacial score (nSPS) is 12.1. The van der Waals surface area contributed by atoms with Crippen LogP contribution in [0.15, 0.2) is 24.3 Å².